The first-order chi connectivity index (χ1) is 11.5. The number of nitrogens with one attached hydrogen (secondary N) is 1. The summed E-state index contributed by atoms with van der Waals surface area (Å²) in [6.45, 7) is 1.39. The lowest BCUT2D eigenvalue weighted by atomic mass is 10.2. The van der Waals surface area contributed by atoms with Crippen LogP contribution in [0.2, 0.25) is 0 Å². The maximum absolute atomic E-state index is 12.8. The molecule has 0 saturated carbocycles. The van der Waals surface area contributed by atoms with Crippen LogP contribution in [0.3, 0.4) is 0 Å². The van der Waals surface area contributed by atoms with Crippen molar-refractivity contribution >= 4 is 27.7 Å². The zero-order valence-corrected chi connectivity index (χ0v) is 15.1. The van der Waals surface area contributed by atoms with Crippen molar-refractivity contribution < 1.29 is 23.3 Å². The molecule has 0 aliphatic carbocycles. The maximum Gasteiger partial charge on any atom is 0.265 e. The SMILES string of the molecule is CC#CCON(C(CCSC)C(=O)NO)S(=O)(=O)c1ccccc1. The summed E-state index contributed by atoms with van der Waals surface area (Å²) in [5.74, 6) is 4.82. The number of amides is 1. The maximum atomic E-state index is 12.8. The first kappa shape index (κ1) is 20.5. The van der Waals surface area contributed by atoms with Crippen molar-refractivity contribution in [2.45, 2.75) is 24.3 Å². The number of hydrogen-bond acceptors (Lipinski definition) is 6. The topological polar surface area (TPSA) is 95.9 Å². The van der Waals surface area contributed by atoms with Crippen LogP contribution in [0.15, 0.2) is 35.2 Å². The zero-order chi connectivity index (χ0) is 18.0. The van der Waals surface area contributed by atoms with E-state index in [2.05, 4.69) is 11.8 Å². The van der Waals surface area contributed by atoms with Gasteiger partial charge in [0.05, 0.1) is 4.90 Å². The molecule has 0 fully saturated rings. The monoisotopic (exact) mass is 372 g/mol. The molecule has 7 nitrogen and oxygen atoms in total. The Bertz CT molecular complexity index is 683. The molecular formula is C15H20N2O5S2. The molecule has 0 spiro atoms. The van der Waals surface area contributed by atoms with Gasteiger partial charge < -0.3 is 0 Å². The Kier molecular flexibility index (Phi) is 8.81. The summed E-state index contributed by atoms with van der Waals surface area (Å²) in [4.78, 5) is 17.2. The van der Waals surface area contributed by atoms with Gasteiger partial charge in [-0.1, -0.05) is 28.6 Å². The van der Waals surface area contributed by atoms with Crippen molar-refractivity contribution in [3.63, 3.8) is 0 Å². The minimum atomic E-state index is -4.10. The molecule has 0 bridgehead atoms. The molecule has 1 aromatic carbocycles. The number of hydrogen-bond donors (Lipinski definition) is 2. The molecule has 1 unspecified atom stereocenters. The number of carbonyl (C=O) groups excluding carboxylic acids is 1. The van der Waals surface area contributed by atoms with Gasteiger partial charge in [0.1, 0.15) is 12.6 Å². The lowest BCUT2D eigenvalue weighted by Gasteiger charge is -2.27. The lowest BCUT2D eigenvalue weighted by Crippen LogP contribution is -2.49. The minimum absolute atomic E-state index is 0.0191. The first-order valence-corrected chi connectivity index (χ1v) is 9.87. The van der Waals surface area contributed by atoms with Crippen molar-refractivity contribution in [3.05, 3.63) is 30.3 Å². The van der Waals surface area contributed by atoms with E-state index in [0.717, 1.165) is 0 Å². The molecule has 1 amide bonds. The van der Waals surface area contributed by atoms with Crippen molar-refractivity contribution in [1.29, 1.82) is 0 Å². The van der Waals surface area contributed by atoms with E-state index >= 15 is 0 Å². The van der Waals surface area contributed by atoms with E-state index in [1.807, 2.05) is 6.26 Å². The van der Waals surface area contributed by atoms with Crippen LogP contribution in [0.5, 0.6) is 0 Å². The van der Waals surface area contributed by atoms with Gasteiger partial charge in [-0.15, -0.1) is 5.92 Å². The number of rotatable bonds is 9. The molecule has 1 aromatic rings. The van der Waals surface area contributed by atoms with Crippen LogP contribution in [0.4, 0.5) is 0 Å². The number of hydroxylamine groups is 2. The predicted molar refractivity (Wildman–Crippen MR) is 91.6 cm³/mol. The molecule has 0 aromatic heterocycles. The van der Waals surface area contributed by atoms with E-state index in [1.54, 1.807) is 25.1 Å². The van der Waals surface area contributed by atoms with E-state index in [1.165, 1.54) is 29.4 Å². The molecule has 0 heterocycles. The van der Waals surface area contributed by atoms with Crippen molar-refractivity contribution in [2.75, 3.05) is 18.6 Å². The highest BCUT2D eigenvalue weighted by Crippen LogP contribution is 2.21. The highest BCUT2D eigenvalue weighted by Gasteiger charge is 2.37. The third-order valence-electron chi connectivity index (χ3n) is 2.98. The second-order valence-electron chi connectivity index (χ2n) is 4.55. The van der Waals surface area contributed by atoms with E-state index in [-0.39, 0.29) is 17.9 Å². The normalized spacial score (nSPS) is 12.3. The number of sulfonamides is 1. The van der Waals surface area contributed by atoms with Gasteiger partial charge in [0.2, 0.25) is 0 Å². The predicted octanol–water partition coefficient (Wildman–Crippen LogP) is 1.26. The minimum Gasteiger partial charge on any atom is -0.289 e. The highest BCUT2D eigenvalue weighted by atomic mass is 32.2. The standard InChI is InChI=1S/C15H20N2O5S2/c1-3-4-11-22-17(14(10-12-23-2)15(18)16-19)24(20,21)13-8-6-5-7-9-13/h5-9,14,19H,10-12H2,1-2H3,(H,16,18). The second-order valence-corrected chi connectivity index (χ2v) is 7.31. The van der Waals surface area contributed by atoms with Crippen LogP contribution in [0.25, 0.3) is 0 Å². The fraction of sp³-hybridized carbons (Fsp3) is 0.400. The Labute approximate surface area is 146 Å². The smallest absolute Gasteiger partial charge is 0.265 e. The largest absolute Gasteiger partial charge is 0.289 e. The Morgan fingerprint density at radius 3 is 2.62 bits per heavy atom. The molecule has 0 aliphatic heterocycles. The molecule has 132 valence electrons. The van der Waals surface area contributed by atoms with E-state index in [0.29, 0.717) is 10.2 Å². The van der Waals surface area contributed by atoms with Gasteiger partial charge in [-0.2, -0.15) is 11.8 Å². The van der Waals surface area contributed by atoms with E-state index in [4.69, 9.17) is 10.0 Å². The van der Waals surface area contributed by atoms with Crippen LogP contribution in [-0.4, -0.2) is 48.7 Å². The van der Waals surface area contributed by atoms with Crippen LogP contribution in [-0.2, 0) is 19.7 Å². The van der Waals surface area contributed by atoms with Gasteiger partial charge in [0, 0.05) is 0 Å². The van der Waals surface area contributed by atoms with Crippen molar-refractivity contribution in [1.82, 2.24) is 9.95 Å². The summed E-state index contributed by atoms with van der Waals surface area (Å²) >= 11 is 1.44. The first-order valence-electron chi connectivity index (χ1n) is 7.04. The van der Waals surface area contributed by atoms with Gasteiger partial charge in [-0.05, 0) is 37.5 Å². The van der Waals surface area contributed by atoms with Crippen LogP contribution < -0.4 is 5.48 Å². The number of thioether (sulfide) groups is 1. The molecule has 0 saturated heterocycles. The number of carbonyl (C=O) groups is 1. The Hall–Kier alpha value is -1.57. The summed E-state index contributed by atoms with van der Waals surface area (Å²) in [5.41, 5.74) is 1.50. The summed E-state index contributed by atoms with van der Waals surface area (Å²) in [7, 11) is -4.10. The Balaban J connectivity index is 3.25. The van der Waals surface area contributed by atoms with Gasteiger partial charge >= 0.3 is 0 Å². The third kappa shape index (κ3) is 5.51. The van der Waals surface area contributed by atoms with Crippen LogP contribution >= 0.6 is 11.8 Å². The average Bonchev–Trinajstić information content (AvgIpc) is 2.60. The molecule has 1 atom stereocenters. The molecule has 9 heteroatoms. The third-order valence-corrected chi connectivity index (χ3v) is 5.33. The van der Waals surface area contributed by atoms with E-state index in [9.17, 15) is 13.2 Å². The van der Waals surface area contributed by atoms with Crippen molar-refractivity contribution in [3.8, 4) is 11.8 Å². The van der Waals surface area contributed by atoms with Gasteiger partial charge in [-0.3, -0.25) is 14.8 Å². The van der Waals surface area contributed by atoms with Gasteiger partial charge in [0.15, 0.2) is 0 Å². The summed E-state index contributed by atoms with van der Waals surface area (Å²) in [6.07, 6.45) is 1.99. The fourth-order valence-corrected chi connectivity index (χ4v) is 3.72. The molecular weight excluding hydrogens is 352 g/mol. The lowest BCUT2D eigenvalue weighted by molar-refractivity contribution is -0.151. The summed E-state index contributed by atoms with van der Waals surface area (Å²) in [6, 6.07) is 6.41. The fourth-order valence-electron chi connectivity index (χ4n) is 1.83. The molecule has 0 aliphatic rings. The Morgan fingerprint density at radius 2 is 2.08 bits per heavy atom. The molecule has 1 rings (SSSR count). The average molecular weight is 372 g/mol. The zero-order valence-electron chi connectivity index (χ0n) is 13.4. The van der Waals surface area contributed by atoms with Crippen molar-refractivity contribution in [2.24, 2.45) is 0 Å². The van der Waals surface area contributed by atoms with Crippen LogP contribution in [0, 0.1) is 11.8 Å². The van der Waals surface area contributed by atoms with E-state index < -0.39 is 22.0 Å². The molecule has 0 radical (unpaired) electrons. The Morgan fingerprint density at radius 1 is 1.42 bits per heavy atom. The highest BCUT2D eigenvalue weighted by molar-refractivity contribution is 7.98. The molecule has 2 N–H and O–H groups in total. The second kappa shape index (κ2) is 10.3. The van der Waals surface area contributed by atoms with Gasteiger partial charge in [-0.25, -0.2) is 13.9 Å². The quantitative estimate of drug-likeness (QED) is 0.385. The molecule has 24 heavy (non-hydrogen) atoms. The summed E-state index contributed by atoms with van der Waals surface area (Å²) in [5, 5.41) is 8.95. The number of benzene rings is 1. The summed E-state index contributed by atoms with van der Waals surface area (Å²) < 4.78 is 26.3. The van der Waals surface area contributed by atoms with Crippen LogP contribution in [0.1, 0.15) is 13.3 Å². The van der Waals surface area contributed by atoms with Gasteiger partial charge in [0.25, 0.3) is 15.9 Å². The number of nitrogens with zero attached hydrogens (tertiary/aromatic N) is 1.